The Labute approximate surface area is 83.2 Å². The van der Waals surface area contributed by atoms with E-state index in [4.69, 9.17) is 9.79 Å². The average Bonchev–Trinajstić information content (AvgIpc) is 2.05. The van der Waals surface area contributed by atoms with Crippen LogP contribution in [-0.2, 0) is 14.1 Å². The highest BCUT2D eigenvalue weighted by atomic mass is 31.2. The first-order valence-corrected chi connectivity index (χ1v) is 5.50. The molecule has 14 heavy (non-hydrogen) atoms. The van der Waals surface area contributed by atoms with Crippen molar-refractivity contribution < 1.29 is 23.9 Å². The predicted molar refractivity (Wildman–Crippen MR) is 53.9 cm³/mol. The molecular formula is C8H15O5P. The summed E-state index contributed by atoms with van der Waals surface area (Å²) in [5.74, 6) is -0.636. The molecule has 82 valence electrons. The second kappa shape index (κ2) is 7.50. The molecule has 0 amide bonds. The van der Waals surface area contributed by atoms with Crippen molar-refractivity contribution in [3.63, 3.8) is 0 Å². The number of rotatable bonds is 4. The number of ether oxygens (including phenoxy) is 1. The molecule has 0 radical (unpaired) electrons. The molecule has 0 atom stereocenters. The molecule has 6 heteroatoms. The van der Waals surface area contributed by atoms with Crippen LogP contribution in [0.3, 0.4) is 0 Å². The summed E-state index contributed by atoms with van der Waals surface area (Å²) >= 11 is 0. The average molecular weight is 222 g/mol. The van der Waals surface area contributed by atoms with Crippen LogP contribution in [-0.4, -0.2) is 28.5 Å². The van der Waals surface area contributed by atoms with Crippen molar-refractivity contribution in [1.29, 1.82) is 0 Å². The lowest BCUT2D eigenvalue weighted by molar-refractivity contribution is -0.138. The van der Waals surface area contributed by atoms with Gasteiger partial charge in [0.2, 0.25) is 0 Å². The first-order chi connectivity index (χ1) is 6.33. The summed E-state index contributed by atoms with van der Waals surface area (Å²) in [6, 6.07) is 0. The van der Waals surface area contributed by atoms with E-state index in [0.29, 0.717) is 0 Å². The highest BCUT2D eigenvalue weighted by Gasteiger charge is 2.13. The standard InChI is InChI=1S/C6H11O5P.C2H4/c1-5(2)6(7)11-3-4-12(8,9)10;1-2/h1,3-4H2,2H3,(H2,8,9,10);1-2H2. The van der Waals surface area contributed by atoms with Gasteiger partial charge in [-0.3, -0.25) is 4.57 Å². The first kappa shape index (κ1) is 15.6. The molecule has 0 fully saturated rings. The highest BCUT2D eigenvalue weighted by Crippen LogP contribution is 2.33. The minimum atomic E-state index is -4.06. The second-order valence-electron chi connectivity index (χ2n) is 2.30. The van der Waals surface area contributed by atoms with Crippen molar-refractivity contribution >= 4 is 13.6 Å². The zero-order valence-electron chi connectivity index (χ0n) is 8.10. The van der Waals surface area contributed by atoms with Gasteiger partial charge in [0.15, 0.2) is 0 Å². The fraction of sp³-hybridized carbons (Fsp3) is 0.375. The third-order valence-electron chi connectivity index (χ3n) is 0.964. The summed E-state index contributed by atoms with van der Waals surface area (Å²) in [5.41, 5.74) is 0.209. The summed E-state index contributed by atoms with van der Waals surface area (Å²) in [6.45, 7) is 10.5. The van der Waals surface area contributed by atoms with Crippen molar-refractivity contribution in [1.82, 2.24) is 0 Å². The van der Waals surface area contributed by atoms with E-state index in [1.54, 1.807) is 0 Å². The number of esters is 1. The smallest absolute Gasteiger partial charge is 0.333 e. The SMILES string of the molecule is C=C.C=C(C)C(=O)OCCP(=O)(O)O. The maximum Gasteiger partial charge on any atom is 0.333 e. The molecule has 0 aliphatic carbocycles. The van der Waals surface area contributed by atoms with Gasteiger partial charge in [-0.25, -0.2) is 4.79 Å². The van der Waals surface area contributed by atoms with Crippen molar-refractivity contribution in [2.24, 2.45) is 0 Å². The molecule has 0 unspecified atom stereocenters. The lowest BCUT2D eigenvalue weighted by Crippen LogP contribution is -2.09. The van der Waals surface area contributed by atoms with Crippen LogP contribution < -0.4 is 0 Å². The van der Waals surface area contributed by atoms with E-state index >= 15 is 0 Å². The Hall–Kier alpha value is -0.900. The lowest BCUT2D eigenvalue weighted by Gasteiger charge is -2.04. The van der Waals surface area contributed by atoms with Crippen LogP contribution in [0.15, 0.2) is 25.3 Å². The quantitative estimate of drug-likeness (QED) is 0.322. The van der Waals surface area contributed by atoms with E-state index in [9.17, 15) is 9.36 Å². The van der Waals surface area contributed by atoms with Crippen LogP contribution >= 0.6 is 7.60 Å². The van der Waals surface area contributed by atoms with Crippen LogP contribution in [0.25, 0.3) is 0 Å². The molecule has 2 N–H and O–H groups in total. The predicted octanol–water partition coefficient (Wildman–Crippen LogP) is 1.09. The van der Waals surface area contributed by atoms with Crippen LogP contribution in [0.4, 0.5) is 0 Å². The van der Waals surface area contributed by atoms with E-state index in [1.165, 1.54) is 6.92 Å². The number of carbonyl (C=O) groups is 1. The monoisotopic (exact) mass is 222 g/mol. The van der Waals surface area contributed by atoms with Gasteiger partial charge >= 0.3 is 13.6 Å². The number of hydrogen-bond acceptors (Lipinski definition) is 3. The van der Waals surface area contributed by atoms with E-state index < -0.39 is 19.7 Å². The van der Waals surface area contributed by atoms with Crippen LogP contribution in [0, 0.1) is 0 Å². The summed E-state index contributed by atoms with van der Waals surface area (Å²) in [5, 5.41) is 0. The summed E-state index contributed by atoms with van der Waals surface area (Å²) in [7, 11) is -4.06. The molecule has 0 aliphatic heterocycles. The Morgan fingerprint density at radius 3 is 2.14 bits per heavy atom. The van der Waals surface area contributed by atoms with Crippen LogP contribution in [0.2, 0.25) is 0 Å². The minimum absolute atomic E-state index is 0.209. The zero-order chi connectivity index (χ0) is 11.8. The molecule has 0 aromatic rings. The topological polar surface area (TPSA) is 83.8 Å². The van der Waals surface area contributed by atoms with Crippen molar-refractivity contribution in [3.05, 3.63) is 25.3 Å². The Bertz CT molecular complexity index is 242. The van der Waals surface area contributed by atoms with Crippen molar-refractivity contribution in [2.45, 2.75) is 6.92 Å². The molecule has 0 saturated carbocycles. The largest absolute Gasteiger partial charge is 0.462 e. The normalized spacial score (nSPS) is 9.64. The maximum absolute atomic E-state index is 10.7. The van der Waals surface area contributed by atoms with E-state index in [1.807, 2.05) is 0 Å². The molecule has 0 aliphatic rings. The van der Waals surface area contributed by atoms with Crippen LogP contribution in [0.5, 0.6) is 0 Å². The number of hydrogen-bond donors (Lipinski definition) is 2. The molecule has 5 nitrogen and oxygen atoms in total. The van der Waals surface area contributed by atoms with Gasteiger partial charge in [-0.2, -0.15) is 0 Å². The first-order valence-electron chi connectivity index (χ1n) is 3.70. The maximum atomic E-state index is 10.7. The Morgan fingerprint density at radius 1 is 1.43 bits per heavy atom. The summed E-state index contributed by atoms with van der Waals surface area (Å²) in [6.07, 6.45) is -0.452. The second-order valence-corrected chi connectivity index (χ2v) is 4.08. The van der Waals surface area contributed by atoms with E-state index in [-0.39, 0.29) is 12.2 Å². The Morgan fingerprint density at radius 2 is 1.86 bits per heavy atom. The summed E-state index contributed by atoms with van der Waals surface area (Å²) in [4.78, 5) is 27.4. The summed E-state index contributed by atoms with van der Waals surface area (Å²) < 4.78 is 14.7. The molecule has 0 aromatic carbocycles. The van der Waals surface area contributed by atoms with Gasteiger partial charge in [0.05, 0.1) is 6.16 Å². The van der Waals surface area contributed by atoms with Gasteiger partial charge < -0.3 is 14.5 Å². The van der Waals surface area contributed by atoms with Crippen molar-refractivity contribution in [2.75, 3.05) is 12.8 Å². The van der Waals surface area contributed by atoms with Crippen molar-refractivity contribution in [3.8, 4) is 0 Å². The minimum Gasteiger partial charge on any atom is -0.462 e. The third-order valence-corrected chi connectivity index (χ3v) is 1.73. The van der Waals surface area contributed by atoms with Gasteiger partial charge in [0.1, 0.15) is 6.61 Å². The van der Waals surface area contributed by atoms with E-state index in [2.05, 4.69) is 24.5 Å². The van der Waals surface area contributed by atoms with Gasteiger partial charge in [-0.15, -0.1) is 13.2 Å². The van der Waals surface area contributed by atoms with Gasteiger partial charge in [0.25, 0.3) is 0 Å². The third kappa shape index (κ3) is 11.1. The Balaban J connectivity index is 0. The molecule has 0 heterocycles. The fourth-order valence-corrected chi connectivity index (χ4v) is 0.710. The Kier molecular flexibility index (Phi) is 8.34. The molecule has 0 bridgehead atoms. The van der Waals surface area contributed by atoms with Gasteiger partial charge in [-0.05, 0) is 6.92 Å². The molecule has 0 spiro atoms. The fourth-order valence-electron chi connectivity index (χ4n) is 0.380. The number of carbonyl (C=O) groups excluding carboxylic acids is 1. The van der Waals surface area contributed by atoms with E-state index in [0.717, 1.165) is 0 Å². The van der Waals surface area contributed by atoms with Crippen LogP contribution in [0.1, 0.15) is 6.92 Å². The molecule has 0 saturated heterocycles. The van der Waals surface area contributed by atoms with Gasteiger partial charge in [0, 0.05) is 5.57 Å². The van der Waals surface area contributed by atoms with Gasteiger partial charge in [-0.1, -0.05) is 6.58 Å². The lowest BCUT2D eigenvalue weighted by atomic mass is 10.4. The molecule has 0 aromatic heterocycles. The molecule has 0 rings (SSSR count). The zero-order valence-corrected chi connectivity index (χ0v) is 9.00. The molecular weight excluding hydrogens is 207 g/mol. The highest BCUT2D eigenvalue weighted by molar-refractivity contribution is 7.51.